The van der Waals surface area contributed by atoms with Crippen LogP contribution in [-0.4, -0.2) is 49.4 Å². The molecule has 2 aromatic heterocycles. The predicted octanol–water partition coefficient (Wildman–Crippen LogP) is 4.60. The first-order valence-electron chi connectivity index (χ1n) is 11.0. The first-order valence-corrected chi connectivity index (χ1v) is 12.8. The van der Waals surface area contributed by atoms with Crippen molar-refractivity contribution < 1.29 is 4.79 Å². The maximum atomic E-state index is 13.0. The molecule has 156 valence electrons. The molecule has 8 heteroatoms. The van der Waals surface area contributed by atoms with Crippen LogP contribution in [0.25, 0.3) is 10.2 Å². The number of nitrogens with zero attached hydrogens (tertiary/aromatic N) is 5. The lowest BCUT2D eigenvalue weighted by Crippen LogP contribution is -2.40. The molecule has 3 fully saturated rings. The summed E-state index contributed by atoms with van der Waals surface area (Å²) < 4.78 is 3.56. The second-order valence-electron chi connectivity index (χ2n) is 8.70. The van der Waals surface area contributed by atoms with Gasteiger partial charge in [-0.3, -0.25) is 4.79 Å². The van der Waals surface area contributed by atoms with Gasteiger partial charge >= 0.3 is 0 Å². The fourth-order valence-corrected chi connectivity index (χ4v) is 6.38. The maximum absolute atomic E-state index is 13.0. The molecule has 0 N–H and O–H groups in total. The zero-order chi connectivity index (χ0) is 20.1. The summed E-state index contributed by atoms with van der Waals surface area (Å²) in [5, 5.41) is 11.0. The van der Waals surface area contributed by atoms with Crippen molar-refractivity contribution in [3.05, 3.63) is 35.1 Å². The summed E-state index contributed by atoms with van der Waals surface area (Å²) in [5.74, 6) is 2.76. The molecule has 1 saturated heterocycles. The van der Waals surface area contributed by atoms with Crippen LogP contribution in [0.4, 0.5) is 0 Å². The molecule has 6 rings (SSSR count). The van der Waals surface area contributed by atoms with Crippen molar-refractivity contribution >= 4 is 39.2 Å². The molecule has 1 atom stereocenters. The quantitative estimate of drug-likeness (QED) is 0.525. The highest BCUT2D eigenvalue weighted by Gasteiger charge is 2.36. The van der Waals surface area contributed by atoms with Gasteiger partial charge in [0.05, 0.1) is 21.0 Å². The van der Waals surface area contributed by atoms with Crippen LogP contribution >= 0.6 is 23.1 Å². The molecular formula is C22H25N5OS2. The van der Waals surface area contributed by atoms with Gasteiger partial charge in [0.15, 0.2) is 5.16 Å². The van der Waals surface area contributed by atoms with Gasteiger partial charge in [-0.05, 0) is 50.7 Å². The zero-order valence-electron chi connectivity index (χ0n) is 16.9. The van der Waals surface area contributed by atoms with E-state index >= 15 is 0 Å². The Morgan fingerprint density at radius 2 is 1.97 bits per heavy atom. The van der Waals surface area contributed by atoms with Crippen molar-refractivity contribution in [2.45, 2.75) is 61.6 Å². The van der Waals surface area contributed by atoms with Crippen molar-refractivity contribution in [2.24, 2.45) is 0 Å². The molecule has 2 saturated carbocycles. The van der Waals surface area contributed by atoms with E-state index in [-0.39, 0.29) is 5.91 Å². The van der Waals surface area contributed by atoms with Crippen molar-refractivity contribution in [1.82, 2.24) is 24.6 Å². The molecular weight excluding hydrogens is 414 g/mol. The Morgan fingerprint density at radius 1 is 1.10 bits per heavy atom. The van der Waals surface area contributed by atoms with Crippen LogP contribution in [-0.2, 0) is 4.79 Å². The first kappa shape index (κ1) is 18.8. The van der Waals surface area contributed by atoms with E-state index in [0.29, 0.717) is 23.6 Å². The number of thioether (sulfide) groups is 1. The largest absolute Gasteiger partial charge is 0.341 e. The molecule has 1 aliphatic heterocycles. The summed E-state index contributed by atoms with van der Waals surface area (Å²) in [4.78, 5) is 19.9. The number of thiazole rings is 1. The van der Waals surface area contributed by atoms with Crippen molar-refractivity contribution in [1.29, 1.82) is 0 Å². The predicted molar refractivity (Wildman–Crippen MR) is 119 cm³/mol. The highest BCUT2D eigenvalue weighted by molar-refractivity contribution is 7.99. The number of hydrogen-bond acceptors (Lipinski definition) is 6. The topological polar surface area (TPSA) is 63.9 Å². The monoisotopic (exact) mass is 439 g/mol. The van der Waals surface area contributed by atoms with E-state index in [1.165, 1.54) is 35.4 Å². The van der Waals surface area contributed by atoms with Crippen LogP contribution in [0.5, 0.6) is 0 Å². The molecule has 6 nitrogen and oxygen atoms in total. The molecule has 0 bridgehead atoms. The Labute approximate surface area is 184 Å². The van der Waals surface area contributed by atoms with Crippen molar-refractivity contribution in [3.8, 4) is 0 Å². The minimum absolute atomic E-state index is 0.212. The number of amides is 1. The van der Waals surface area contributed by atoms with Gasteiger partial charge in [-0.15, -0.1) is 21.5 Å². The number of carbonyl (C=O) groups excluding carboxylic acids is 1. The summed E-state index contributed by atoms with van der Waals surface area (Å²) in [5.41, 5.74) is 1.07. The Balaban J connectivity index is 1.12. The minimum Gasteiger partial charge on any atom is -0.341 e. The second kappa shape index (κ2) is 7.64. The molecule has 3 aliphatic rings. The van der Waals surface area contributed by atoms with Gasteiger partial charge in [0, 0.05) is 31.0 Å². The normalized spacial score (nSPS) is 22.0. The van der Waals surface area contributed by atoms with Crippen LogP contribution in [0.15, 0.2) is 29.4 Å². The fraction of sp³-hybridized carbons (Fsp3) is 0.545. The third kappa shape index (κ3) is 3.64. The lowest BCUT2D eigenvalue weighted by atomic mass is 9.99. The standard InChI is InChI=1S/C22H25N5OS2/c28-19(13-29-22-25-24-20(14-7-8-14)27(22)16-9-10-16)26-11-3-4-15(12-26)21-23-17-5-1-2-6-18(17)30-21/h1-2,5-6,14-16H,3-4,7-13H2/t15-/m1/s1. The molecule has 3 heterocycles. The smallest absolute Gasteiger partial charge is 0.233 e. The Bertz CT molecular complexity index is 1050. The lowest BCUT2D eigenvalue weighted by Gasteiger charge is -2.31. The number of fused-ring (bicyclic) bond motifs is 1. The summed E-state index contributed by atoms with van der Waals surface area (Å²) in [6.45, 7) is 1.63. The van der Waals surface area contributed by atoms with Gasteiger partial charge in [0.2, 0.25) is 5.91 Å². The Hall–Kier alpha value is -1.93. The van der Waals surface area contributed by atoms with E-state index in [1.807, 2.05) is 11.0 Å². The van der Waals surface area contributed by atoms with Gasteiger partial charge in [0.1, 0.15) is 5.82 Å². The molecule has 1 aromatic carbocycles. The van der Waals surface area contributed by atoms with Crippen LogP contribution in [0, 0.1) is 0 Å². The second-order valence-corrected chi connectivity index (χ2v) is 10.7. The average molecular weight is 440 g/mol. The number of para-hydroxylation sites is 1. The summed E-state index contributed by atoms with van der Waals surface area (Å²) in [6, 6.07) is 8.86. The number of benzene rings is 1. The molecule has 0 spiro atoms. The number of likely N-dealkylation sites (tertiary alicyclic amines) is 1. The zero-order valence-corrected chi connectivity index (χ0v) is 18.5. The molecule has 3 aromatic rings. The lowest BCUT2D eigenvalue weighted by molar-refractivity contribution is -0.129. The molecule has 30 heavy (non-hydrogen) atoms. The maximum Gasteiger partial charge on any atom is 0.233 e. The average Bonchev–Trinajstić information content (AvgIpc) is 3.71. The summed E-state index contributed by atoms with van der Waals surface area (Å²) in [6.07, 6.45) is 7.05. The third-order valence-corrected chi connectivity index (χ3v) is 8.43. The van der Waals surface area contributed by atoms with Crippen LogP contribution in [0.3, 0.4) is 0 Å². The van der Waals surface area contributed by atoms with E-state index in [0.717, 1.165) is 42.4 Å². The van der Waals surface area contributed by atoms with Gasteiger partial charge in [-0.1, -0.05) is 23.9 Å². The number of aromatic nitrogens is 4. The molecule has 2 aliphatic carbocycles. The summed E-state index contributed by atoms with van der Waals surface area (Å²) >= 11 is 3.34. The van der Waals surface area contributed by atoms with E-state index in [4.69, 9.17) is 4.98 Å². The SMILES string of the molecule is O=C(CSc1nnc(C2CC2)n1C1CC1)N1CCC[C@@H](c2nc3ccccc3s2)C1. The minimum atomic E-state index is 0.212. The van der Waals surface area contributed by atoms with Gasteiger partial charge in [0.25, 0.3) is 0 Å². The van der Waals surface area contributed by atoms with E-state index in [2.05, 4.69) is 33.0 Å². The molecule has 0 radical (unpaired) electrons. The number of carbonyl (C=O) groups is 1. The summed E-state index contributed by atoms with van der Waals surface area (Å²) in [7, 11) is 0. The van der Waals surface area contributed by atoms with E-state index in [1.54, 1.807) is 23.1 Å². The van der Waals surface area contributed by atoms with E-state index in [9.17, 15) is 4.79 Å². The van der Waals surface area contributed by atoms with Gasteiger partial charge < -0.3 is 9.47 Å². The number of rotatable bonds is 6. The van der Waals surface area contributed by atoms with Gasteiger partial charge in [-0.25, -0.2) is 4.98 Å². The number of piperidine rings is 1. The van der Waals surface area contributed by atoms with Crippen LogP contribution in [0.2, 0.25) is 0 Å². The van der Waals surface area contributed by atoms with Crippen LogP contribution in [0.1, 0.15) is 67.2 Å². The molecule has 0 unspecified atom stereocenters. The van der Waals surface area contributed by atoms with Gasteiger partial charge in [-0.2, -0.15) is 0 Å². The first-order chi connectivity index (χ1) is 14.8. The molecule has 1 amide bonds. The van der Waals surface area contributed by atoms with Crippen molar-refractivity contribution in [2.75, 3.05) is 18.8 Å². The van der Waals surface area contributed by atoms with Crippen molar-refractivity contribution in [3.63, 3.8) is 0 Å². The Kier molecular flexibility index (Phi) is 4.79. The number of hydrogen-bond donors (Lipinski definition) is 0. The highest BCUT2D eigenvalue weighted by Crippen LogP contribution is 2.46. The Morgan fingerprint density at radius 3 is 2.77 bits per heavy atom. The third-order valence-electron chi connectivity index (χ3n) is 6.30. The van der Waals surface area contributed by atoms with E-state index < -0.39 is 0 Å². The highest BCUT2D eigenvalue weighted by atomic mass is 32.2. The van der Waals surface area contributed by atoms with Crippen LogP contribution < -0.4 is 0 Å². The fourth-order valence-electron chi connectivity index (χ4n) is 4.37.